The second kappa shape index (κ2) is 9.67. The molecule has 2 saturated carbocycles. The van der Waals surface area contributed by atoms with Crippen LogP contribution < -0.4 is 0 Å². The lowest BCUT2D eigenvalue weighted by Gasteiger charge is -2.38. The quantitative estimate of drug-likeness (QED) is 0.414. The lowest BCUT2D eigenvalue weighted by atomic mass is 9.66. The van der Waals surface area contributed by atoms with Gasteiger partial charge in [-0.2, -0.15) is 0 Å². The van der Waals surface area contributed by atoms with E-state index in [-0.39, 0.29) is 31.0 Å². The molecule has 0 aliphatic heterocycles. The number of aliphatic carboxylic acids is 1. The van der Waals surface area contributed by atoms with E-state index in [9.17, 15) is 14.7 Å². The third-order valence-corrected chi connectivity index (χ3v) is 7.46. The molecule has 2 aliphatic rings. The molecule has 34 heavy (non-hydrogen) atoms. The van der Waals surface area contributed by atoms with Gasteiger partial charge in [-0.3, -0.25) is 9.59 Å². The van der Waals surface area contributed by atoms with Gasteiger partial charge in [-0.25, -0.2) is 0 Å². The first-order chi connectivity index (χ1) is 16.0. The average molecular weight is 471 g/mol. The molecule has 0 spiro atoms. The smallest absolute Gasteiger partial charge is 0.303 e. The minimum Gasteiger partial charge on any atom is -0.481 e. The minimum absolute atomic E-state index is 0.00176. The number of Topliss-reactive ketones (excluding diaryl/α,β-unsaturated/α-hetero) is 1. The minimum atomic E-state index is -0.861. The molecule has 4 rings (SSSR count). The molecule has 0 aromatic carbocycles. The number of carboxylic acids is 1. The Kier molecular flexibility index (Phi) is 7.02. The van der Waals surface area contributed by atoms with Crippen LogP contribution >= 0.6 is 0 Å². The Morgan fingerprint density at radius 3 is 2.35 bits per heavy atom. The van der Waals surface area contributed by atoms with Gasteiger partial charge in [-0.1, -0.05) is 31.1 Å². The zero-order valence-corrected chi connectivity index (χ0v) is 21.1. The van der Waals surface area contributed by atoms with Gasteiger partial charge in [0, 0.05) is 35.8 Å². The van der Waals surface area contributed by atoms with Gasteiger partial charge in [-0.15, -0.1) is 0 Å². The maximum atomic E-state index is 13.0. The first-order valence-corrected chi connectivity index (χ1v) is 12.7. The molecule has 2 heterocycles. The molecule has 1 atom stereocenters. The van der Waals surface area contributed by atoms with Gasteiger partial charge in [0.25, 0.3) is 0 Å². The first kappa shape index (κ1) is 24.7. The molecule has 2 aliphatic carbocycles. The molecule has 0 saturated heterocycles. The van der Waals surface area contributed by atoms with E-state index >= 15 is 0 Å². The van der Waals surface area contributed by atoms with E-state index < -0.39 is 5.97 Å². The molecule has 0 radical (unpaired) electrons. The number of hydrogen-bond donors (Lipinski definition) is 1. The van der Waals surface area contributed by atoms with Gasteiger partial charge in [0.1, 0.15) is 17.3 Å². The Morgan fingerprint density at radius 2 is 1.79 bits per heavy atom. The second-order valence-corrected chi connectivity index (χ2v) is 11.8. The van der Waals surface area contributed by atoms with Crippen LogP contribution in [0, 0.1) is 25.2 Å². The van der Waals surface area contributed by atoms with E-state index in [1.807, 2.05) is 13.8 Å². The van der Waals surface area contributed by atoms with Gasteiger partial charge < -0.3 is 14.2 Å². The standard InChI is InChI=1S/C27H38N2O5/c1-15-16(2)28-33-22(15)13-21(30)12-19(8-9-23(31)32)25-24(18-6-7-18)26(34-29-25)20-10-17(11-20)14-27(3,4)5/h17-20H,6-14H2,1-5H3,(H,31,32)/t17?,19-,20?/m0/s1. The fourth-order valence-corrected chi connectivity index (χ4v) is 5.46. The normalized spacial score (nSPS) is 21.3. The summed E-state index contributed by atoms with van der Waals surface area (Å²) in [7, 11) is 0. The van der Waals surface area contributed by atoms with Gasteiger partial charge >= 0.3 is 5.97 Å². The van der Waals surface area contributed by atoms with E-state index in [4.69, 9.17) is 9.05 Å². The third-order valence-electron chi connectivity index (χ3n) is 7.46. The molecule has 0 unspecified atom stereocenters. The Bertz CT molecular complexity index is 1030. The van der Waals surface area contributed by atoms with Crippen molar-refractivity contribution >= 4 is 11.8 Å². The predicted octanol–water partition coefficient (Wildman–Crippen LogP) is 6.24. The van der Waals surface area contributed by atoms with Crippen LogP contribution in [0.15, 0.2) is 9.05 Å². The first-order valence-electron chi connectivity index (χ1n) is 12.7. The van der Waals surface area contributed by atoms with Crippen molar-refractivity contribution < 1.29 is 23.7 Å². The number of rotatable bonds is 11. The molecule has 1 N–H and O–H groups in total. The summed E-state index contributed by atoms with van der Waals surface area (Å²) in [6, 6.07) is 0. The number of carboxylic acid groups (broad SMARTS) is 1. The van der Waals surface area contributed by atoms with Crippen LogP contribution in [0.5, 0.6) is 0 Å². The maximum Gasteiger partial charge on any atom is 0.303 e. The highest BCUT2D eigenvalue weighted by atomic mass is 16.5. The predicted molar refractivity (Wildman–Crippen MR) is 127 cm³/mol. The van der Waals surface area contributed by atoms with Crippen molar-refractivity contribution in [2.75, 3.05) is 0 Å². The zero-order chi connectivity index (χ0) is 24.6. The van der Waals surface area contributed by atoms with Crippen molar-refractivity contribution in [2.24, 2.45) is 11.3 Å². The molecule has 7 heteroatoms. The Balaban J connectivity index is 1.51. The number of nitrogens with zero attached hydrogens (tertiary/aromatic N) is 2. The number of aryl methyl sites for hydroxylation is 1. The lowest BCUT2D eigenvalue weighted by Crippen LogP contribution is -2.26. The van der Waals surface area contributed by atoms with Crippen molar-refractivity contribution in [1.29, 1.82) is 0 Å². The van der Waals surface area contributed by atoms with Crippen molar-refractivity contribution in [1.82, 2.24) is 10.3 Å². The van der Waals surface area contributed by atoms with E-state index in [1.165, 1.54) is 12.0 Å². The summed E-state index contributed by atoms with van der Waals surface area (Å²) in [5.74, 6) is 2.00. The summed E-state index contributed by atoms with van der Waals surface area (Å²) in [4.78, 5) is 24.3. The van der Waals surface area contributed by atoms with Gasteiger partial charge in [0.2, 0.25) is 0 Å². The molecular formula is C27H38N2O5. The van der Waals surface area contributed by atoms with Crippen molar-refractivity contribution in [3.63, 3.8) is 0 Å². The van der Waals surface area contributed by atoms with Crippen LogP contribution in [0.4, 0.5) is 0 Å². The molecular weight excluding hydrogens is 432 g/mol. The number of ketones is 1. The maximum absolute atomic E-state index is 13.0. The van der Waals surface area contributed by atoms with Crippen molar-refractivity contribution in [3.05, 3.63) is 34.0 Å². The number of carbonyl (C=O) groups is 2. The fourth-order valence-electron chi connectivity index (χ4n) is 5.46. The summed E-state index contributed by atoms with van der Waals surface area (Å²) < 4.78 is 11.3. The number of carbonyl (C=O) groups excluding carboxylic acids is 1. The summed E-state index contributed by atoms with van der Waals surface area (Å²) in [5.41, 5.74) is 4.00. The van der Waals surface area contributed by atoms with E-state index in [1.54, 1.807) is 0 Å². The van der Waals surface area contributed by atoms with Crippen LogP contribution in [0.3, 0.4) is 0 Å². The molecule has 0 bridgehead atoms. The highest BCUT2D eigenvalue weighted by Crippen LogP contribution is 2.53. The number of aromatic nitrogens is 2. The largest absolute Gasteiger partial charge is 0.481 e. The van der Waals surface area contributed by atoms with Gasteiger partial charge in [0.05, 0.1) is 17.8 Å². The molecule has 2 fully saturated rings. The van der Waals surface area contributed by atoms with Gasteiger partial charge in [-0.05, 0) is 69.6 Å². The van der Waals surface area contributed by atoms with Crippen LogP contribution in [0.25, 0.3) is 0 Å². The Morgan fingerprint density at radius 1 is 1.09 bits per heavy atom. The SMILES string of the molecule is Cc1noc(CC(=O)C[C@H](CCC(=O)O)c2noc(C3CC(CC(C)(C)C)C3)c2C2CC2)c1C. The Labute approximate surface area is 201 Å². The van der Waals surface area contributed by atoms with Crippen molar-refractivity contribution in [2.45, 2.75) is 110 Å². The summed E-state index contributed by atoms with van der Waals surface area (Å²) in [5, 5.41) is 17.7. The molecule has 0 amide bonds. The molecule has 2 aromatic rings. The molecule has 2 aromatic heterocycles. The monoisotopic (exact) mass is 470 g/mol. The Hall–Kier alpha value is -2.44. The second-order valence-electron chi connectivity index (χ2n) is 11.8. The highest BCUT2D eigenvalue weighted by Gasteiger charge is 2.42. The van der Waals surface area contributed by atoms with E-state index in [2.05, 4.69) is 31.1 Å². The highest BCUT2D eigenvalue weighted by molar-refractivity contribution is 5.81. The molecule has 186 valence electrons. The van der Waals surface area contributed by atoms with E-state index in [0.717, 1.165) is 48.4 Å². The van der Waals surface area contributed by atoms with Gasteiger partial charge in [0.15, 0.2) is 0 Å². The summed E-state index contributed by atoms with van der Waals surface area (Å²) >= 11 is 0. The average Bonchev–Trinajstić information content (AvgIpc) is 3.40. The third kappa shape index (κ3) is 5.78. The topological polar surface area (TPSA) is 106 Å². The van der Waals surface area contributed by atoms with Crippen LogP contribution in [-0.4, -0.2) is 27.2 Å². The van der Waals surface area contributed by atoms with Crippen LogP contribution in [-0.2, 0) is 16.0 Å². The van der Waals surface area contributed by atoms with Crippen LogP contribution in [0.2, 0.25) is 0 Å². The summed E-state index contributed by atoms with van der Waals surface area (Å²) in [6.45, 7) is 10.6. The van der Waals surface area contributed by atoms with E-state index in [0.29, 0.717) is 35.3 Å². The molecule has 7 nitrogen and oxygen atoms in total. The zero-order valence-electron chi connectivity index (χ0n) is 21.1. The lowest BCUT2D eigenvalue weighted by molar-refractivity contribution is -0.137. The number of hydrogen-bond acceptors (Lipinski definition) is 6. The van der Waals surface area contributed by atoms with Crippen molar-refractivity contribution in [3.8, 4) is 0 Å². The summed E-state index contributed by atoms with van der Waals surface area (Å²) in [6.07, 6.45) is 6.43. The fraction of sp³-hybridized carbons (Fsp3) is 0.704. The van der Waals surface area contributed by atoms with Crippen LogP contribution in [0.1, 0.15) is 124 Å².